The van der Waals surface area contributed by atoms with E-state index in [4.69, 9.17) is 4.74 Å². The molecule has 0 aromatic heterocycles. The number of halogens is 1. The van der Waals surface area contributed by atoms with Gasteiger partial charge >= 0.3 is 0 Å². The van der Waals surface area contributed by atoms with Crippen molar-refractivity contribution in [2.75, 3.05) is 43.4 Å². The van der Waals surface area contributed by atoms with E-state index in [1.807, 2.05) is 12.1 Å². The summed E-state index contributed by atoms with van der Waals surface area (Å²) in [6.45, 7) is 4.89. The summed E-state index contributed by atoms with van der Waals surface area (Å²) in [5, 5.41) is 2.88. The van der Waals surface area contributed by atoms with Crippen molar-refractivity contribution in [1.82, 2.24) is 10.2 Å². The second kappa shape index (κ2) is 11.4. The van der Waals surface area contributed by atoms with Gasteiger partial charge in [0.15, 0.2) is 0 Å². The van der Waals surface area contributed by atoms with Gasteiger partial charge in [0, 0.05) is 39.1 Å². The number of carbonyl (C=O) groups is 1. The van der Waals surface area contributed by atoms with Crippen molar-refractivity contribution in [3.63, 3.8) is 0 Å². The van der Waals surface area contributed by atoms with Gasteiger partial charge in [-0.1, -0.05) is 24.3 Å². The Labute approximate surface area is 189 Å². The summed E-state index contributed by atoms with van der Waals surface area (Å²) in [5.41, 5.74) is 2.61. The lowest BCUT2D eigenvalue weighted by atomic mass is 10.1. The molecule has 2 aromatic rings. The molecule has 3 rings (SSSR count). The number of amides is 1. The molecule has 0 spiro atoms. The number of anilines is 1. The lowest BCUT2D eigenvalue weighted by molar-refractivity contribution is -0.121. The number of morpholine rings is 1. The third-order valence-corrected chi connectivity index (χ3v) is 6.50. The van der Waals surface area contributed by atoms with Crippen LogP contribution < -0.4 is 9.62 Å². The Morgan fingerprint density at radius 1 is 1.06 bits per heavy atom. The first kappa shape index (κ1) is 24.2. The Morgan fingerprint density at radius 3 is 2.31 bits per heavy atom. The van der Waals surface area contributed by atoms with Crippen molar-refractivity contribution >= 4 is 21.6 Å². The predicted molar refractivity (Wildman–Crippen MR) is 122 cm³/mol. The van der Waals surface area contributed by atoms with Gasteiger partial charge < -0.3 is 10.1 Å². The van der Waals surface area contributed by atoms with Gasteiger partial charge in [0.25, 0.3) is 0 Å². The highest BCUT2D eigenvalue weighted by molar-refractivity contribution is 7.92. The number of nitrogens with zero attached hydrogens (tertiary/aromatic N) is 2. The molecule has 0 bridgehead atoms. The zero-order chi connectivity index (χ0) is 23.0. The van der Waals surface area contributed by atoms with Crippen molar-refractivity contribution in [3.05, 3.63) is 65.5 Å². The first-order chi connectivity index (χ1) is 15.3. The number of benzene rings is 2. The van der Waals surface area contributed by atoms with Crippen LogP contribution in [0.5, 0.6) is 0 Å². The topological polar surface area (TPSA) is 79.0 Å². The van der Waals surface area contributed by atoms with Crippen LogP contribution in [0, 0.1) is 5.82 Å². The minimum atomic E-state index is -3.53. The van der Waals surface area contributed by atoms with Gasteiger partial charge in [-0.2, -0.15) is 0 Å². The molecule has 9 heteroatoms. The van der Waals surface area contributed by atoms with Crippen molar-refractivity contribution in [3.8, 4) is 0 Å². The van der Waals surface area contributed by atoms with Gasteiger partial charge in [-0.3, -0.25) is 14.0 Å². The summed E-state index contributed by atoms with van der Waals surface area (Å²) in [7, 11) is -3.53. The maximum absolute atomic E-state index is 13.1. The first-order valence-corrected chi connectivity index (χ1v) is 12.5. The van der Waals surface area contributed by atoms with Gasteiger partial charge in [-0.25, -0.2) is 12.8 Å². The van der Waals surface area contributed by atoms with Crippen LogP contribution in [0.3, 0.4) is 0 Å². The van der Waals surface area contributed by atoms with E-state index < -0.39 is 15.8 Å². The zero-order valence-electron chi connectivity index (χ0n) is 18.3. The van der Waals surface area contributed by atoms with Crippen LogP contribution in [-0.2, 0) is 32.6 Å². The van der Waals surface area contributed by atoms with E-state index in [-0.39, 0.29) is 18.9 Å². The molecular formula is C23H30FN3O4S. The third-order valence-electron chi connectivity index (χ3n) is 5.30. The highest BCUT2D eigenvalue weighted by Crippen LogP contribution is 2.18. The maximum atomic E-state index is 13.1. The second-order valence-electron chi connectivity index (χ2n) is 7.90. The number of rotatable bonds is 10. The average Bonchev–Trinajstić information content (AvgIpc) is 2.77. The number of hydrogen-bond donors (Lipinski definition) is 1. The van der Waals surface area contributed by atoms with Gasteiger partial charge in [-0.15, -0.1) is 0 Å². The smallest absolute Gasteiger partial charge is 0.232 e. The van der Waals surface area contributed by atoms with E-state index in [9.17, 15) is 17.6 Å². The number of hydrogen-bond acceptors (Lipinski definition) is 5. The summed E-state index contributed by atoms with van der Waals surface area (Å²) in [6.07, 6.45) is 1.65. The molecule has 2 aromatic carbocycles. The standard InChI is InChI=1S/C23H30FN3O4S/c1-32(29,30)27(22-10-8-21(24)9-11-22)12-2-3-23(28)25-17-19-4-6-20(7-5-19)18-26-13-15-31-16-14-26/h4-11H,2-3,12-18H2,1H3,(H,25,28). The number of nitrogens with one attached hydrogen (secondary N) is 1. The third kappa shape index (κ3) is 7.58. The van der Waals surface area contributed by atoms with Crippen LogP contribution in [0.2, 0.25) is 0 Å². The molecule has 0 unspecified atom stereocenters. The van der Waals surface area contributed by atoms with Crippen LogP contribution in [0.15, 0.2) is 48.5 Å². The maximum Gasteiger partial charge on any atom is 0.232 e. The van der Waals surface area contributed by atoms with Crippen molar-refractivity contribution < 1.29 is 22.3 Å². The summed E-state index contributed by atoms with van der Waals surface area (Å²) in [4.78, 5) is 14.6. The largest absolute Gasteiger partial charge is 0.379 e. The summed E-state index contributed by atoms with van der Waals surface area (Å²) < 4.78 is 43.8. The Hall–Kier alpha value is -2.49. The lowest BCUT2D eigenvalue weighted by Gasteiger charge is -2.26. The molecule has 0 radical (unpaired) electrons. The molecule has 1 fully saturated rings. The van der Waals surface area contributed by atoms with Crippen molar-refractivity contribution in [1.29, 1.82) is 0 Å². The van der Waals surface area contributed by atoms with E-state index in [1.54, 1.807) is 0 Å². The fraction of sp³-hybridized carbons (Fsp3) is 0.435. The molecule has 1 aliphatic heterocycles. The van der Waals surface area contributed by atoms with Crippen LogP contribution in [-0.4, -0.2) is 58.3 Å². The fourth-order valence-electron chi connectivity index (χ4n) is 3.55. The monoisotopic (exact) mass is 463 g/mol. The summed E-state index contributed by atoms with van der Waals surface area (Å²) >= 11 is 0. The Kier molecular flexibility index (Phi) is 8.60. The van der Waals surface area contributed by atoms with E-state index >= 15 is 0 Å². The molecule has 1 saturated heterocycles. The van der Waals surface area contributed by atoms with Crippen LogP contribution in [0.25, 0.3) is 0 Å². The van der Waals surface area contributed by atoms with Crippen molar-refractivity contribution in [2.45, 2.75) is 25.9 Å². The van der Waals surface area contributed by atoms with Gasteiger partial charge in [0.2, 0.25) is 15.9 Å². The Bertz CT molecular complexity index is 975. The molecule has 1 heterocycles. The molecule has 0 atom stereocenters. The SMILES string of the molecule is CS(=O)(=O)N(CCCC(=O)NCc1ccc(CN2CCOCC2)cc1)c1ccc(F)cc1. The normalized spacial score (nSPS) is 14.8. The lowest BCUT2D eigenvalue weighted by Crippen LogP contribution is -2.35. The number of sulfonamides is 1. The Balaban J connectivity index is 1.42. The minimum absolute atomic E-state index is 0.144. The van der Waals surface area contributed by atoms with Gasteiger partial charge in [0.05, 0.1) is 25.2 Å². The molecule has 0 aliphatic carbocycles. The highest BCUT2D eigenvalue weighted by atomic mass is 32.2. The number of ether oxygens (including phenoxy) is 1. The van der Waals surface area contributed by atoms with E-state index in [0.29, 0.717) is 18.7 Å². The Morgan fingerprint density at radius 2 is 1.69 bits per heavy atom. The van der Waals surface area contributed by atoms with Crippen LogP contribution in [0.1, 0.15) is 24.0 Å². The zero-order valence-corrected chi connectivity index (χ0v) is 19.1. The van der Waals surface area contributed by atoms with E-state index in [1.165, 1.54) is 34.1 Å². The fourth-order valence-corrected chi connectivity index (χ4v) is 4.51. The molecule has 174 valence electrons. The molecule has 1 N–H and O–H groups in total. The molecule has 0 saturated carbocycles. The predicted octanol–water partition coefficient (Wildman–Crippen LogP) is 2.52. The molecule has 7 nitrogen and oxygen atoms in total. The molecule has 1 amide bonds. The first-order valence-electron chi connectivity index (χ1n) is 10.7. The van der Waals surface area contributed by atoms with Crippen molar-refractivity contribution in [2.24, 2.45) is 0 Å². The van der Waals surface area contributed by atoms with E-state index in [2.05, 4.69) is 22.3 Å². The molecule has 32 heavy (non-hydrogen) atoms. The summed E-state index contributed by atoms with van der Waals surface area (Å²) in [5.74, 6) is -0.578. The van der Waals surface area contributed by atoms with Crippen LogP contribution >= 0.6 is 0 Å². The van der Waals surface area contributed by atoms with Crippen LogP contribution in [0.4, 0.5) is 10.1 Å². The van der Waals surface area contributed by atoms with Gasteiger partial charge in [-0.05, 0) is 41.8 Å². The highest BCUT2D eigenvalue weighted by Gasteiger charge is 2.17. The van der Waals surface area contributed by atoms with E-state index in [0.717, 1.165) is 44.7 Å². The average molecular weight is 464 g/mol. The quantitative estimate of drug-likeness (QED) is 0.586. The summed E-state index contributed by atoms with van der Waals surface area (Å²) in [6, 6.07) is 13.4. The number of carbonyl (C=O) groups excluding carboxylic acids is 1. The molecular weight excluding hydrogens is 433 g/mol. The van der Waals surface area contributed by atoms with Gasteiger partial charge in [0.1, 0.15) is 5.82 Å². The minimum Gasteiger partial charge on any atom is -0.379 e. The second-order valence-corrected chi connectivity index (χ2v) is 9.80. The molecule has 1 aliphatic rings.